The monoisotopic (exact) mass is 353 g/mol. The zero-order valence-electron chi connectivity index (χ0n) is 12.2. The summed E-state index contributed by atoms with van der Waals surface area (Å²) in [6.45, 7) is 1.23. The number of likely N-dealkylation sites (tertiary alicyclic amines) is 1. The maximum atomic E-state index is 12.3. The standard InChI is InChI=1S/C16H20BrNO3/c1-21-16(20)13-5-3-9-18(11-13)15(19)8-7-12-4-2-6-14(17)10-12/h2,4,6,10,13H,3,5,7-9,11H2,1H3/t13-/m0/s1. The van der Waals surface area contributed by atoms with Crippen LogP contribution in [-0.4, -0.2) is 37.0 Å². The van der Waals surface area contributed by atoms with Gasteiger partial charge >= 0.3 is 5.97 Å². The largest absolute Gasteiger partial charge is 0.469 e. The van der Waals surface area contributed by atoms with E-state index in [1.165, 1.54) is 7.11 Å². The molecule has 21 heavy (non-hydrogen) atoms. The highest BCUT2D eigenvalue weighted by Crippen LogP contribution is 2.19. The zero-order chi connectivity index (χ0) is 15.2. The van der Waals surface area contributed by atoms with Crippen molar-refractivity contribution in [3.05, 3.63) is 34.3 Å². The maximum absolute atomic E-state index is 12.3. The van der Waals surface area contributed by atoms with Crippen molar-refractivity contribution < 1.29 is 14.3 Å². The molecular weight excluding hydrogens is 334 g/mol. The average molecular weight is 354 g/mol. The number of rotatable bonds is 4. The first-order valence-electron chi connectivity index (χ1n) is 7.20. The van der Waals surface area contributed by atoms with E-state index in [2.05, 4.69) is 15.9 Å². The molecule has 1 saturated heterocycles. The van der Waals surface area contributed by atoms with Crippen LogP contribution < -0.4 is 0 Å². The lowest BCUT2D eigenvalue weighted by molar-refractivity contribution is -0.149. The van der Waals surface area contributed by atoms with E-state index < -0.39 is 0 Å². The first kappa shape index (κ1) is 16.0. The SMILES string of the molecule is COC(=O)[C@H]1CCCN(C(=O)CCc2cccc(Br)c2)C1. The number of benzene rings is 1. The fourth-order valence-electron chi connectivity index (χ4n) is 2.66. The van der Waals surface area contributed by atoms with E-state index in [4.69, 9.17) is 4.74 Å². The number of carbonyl (C=O) groups excluding carboxylic acids is 2. The second kappa shape index (κ2) is 7.59. The molecule has 0 radical (unpaired) electrons. The zero-order valence-corrected chi connectivity index (χ0v) is 13.8. The number of halogens is 1. The molecule has 1 aromatic rings. The van der Waals surface area contributed by atoms with Crippen LogP contribution in [0, 0.1) is 5.92 Å². The molecule has 2 rings (SSSR count). The average Bonchev–Trinajstić information content (AvgIpc) is 2.52. The molecule has 1 fully saturated rings. The topological polar surface area (TPSA) is 46.6 Å². The van der Waals surface area contributed by atoms with E-state index in [1.807, 2.05) is 24.3 Å². The van der Waals surface area contributed by atoms with Crippen LogP contribution in [0.15, 0.2) is 28.7 Å². The Kier molecular flexibility index (Phi) is 5.79. The number of methoxy groups -OCH3 is 1. The minimum Gasteiger partial charge on any atom is -0.469 e. The van der Waals surface area contributed by atoms with Crippen molar-refractivity contribution in [1.82, 2.24) is 4.90 Å². The number of carbonyl (C=O) groups is 2. The lowest BCUT2D eigenvalue weighted by atomic mass is 9.97. The van der Waals surface area contributed by atoms with Gasteiger partial charge in [-0.1, -0.05) is 28.1 Å². The van der Waals surface area contributed by atoms with E-state index in [0.29, 0.717) is 13.0 Å². The van der Waals surface area contributed by atoms with Gasteiger partial charge in [-0.3, -0.25) is 9.59 Å². The van der Waals surface area contributed by atoms with Crippen molar-refractivity contribution in [3.63, 3.8) is 0 Å². The molecule has 1 heterocycles. The van der Waals surface area contributed by atoms with Gasteiger partial charge in [0, 0.05) is 24.0 Å². The van der Waals surface area contributed by atoms with Crippen LogP contribution in [0.4, 0.5) is 0 Å². The highest BCUT2D eigenvalue weighted by atomic mass is 79.9. The smallest absolute Gasteiger partial charge is 0.310 e. The molecule has 0 N–H and O–H groups in total. The molecule has 0 unspecified atom stereocenters. The van der Waals surface area contributed by atoms with Gasteiger partial charge in [-0.05, 0) is 37.0 Å². The highest BCUT2D eigenvalue weighted by molar-refractivity contribution is 9.10. The van der Waals surface area contributed by atoms with Gasteiger partial charge in [0.25, 0.3) is 0 Å². The normalized spacial score (nSPS) is 18.4. The van der Waals surface area contributed by atoms with Gasteiger partial charge < -0.3 is 9.64 Å². The lowest BCUT2D eigenvalue weighted by Crippen LogP contribution is -2.42. The maximum Gasteiger partial charge on any atom is 0.310 e. The molecule has 1 aliphatic heterocycles. The van der Waals surface area contributed by atoms with E-state index in [0.717, 1.165) is 35.8 Å². The third kappa shape index (κ3) is 4.56. The van der Waals surface area contributed by atoms with Gasteiger partial charge in [0.05, 0.1) is 13.0 Å². The summed E-state index contributed by atoms with van der Waals surface area (Å²) in [6, 6.07) is 7.99. The summed E-state index contributed by atoms with van der Waals surface area (Å²) in [6.07, 6.45) is 2.87. The molecule has 4 nitrogen and oxygen atoms in total. The number of aryl methyl sites for hydroxylation is 1. The van der Waals surface area contributed by atoms with Gasteiger partial charge in [-0.2, -0.15) is 0 Å². The molecule has 0 bridgehead atoms. The summed E-state index contributed by atoms with van der Waals surface area (Å²) in [4.78, 5) is 25.7. The predicted molar refractivity (Wildman–Crippen MR) is 83.8 cm³/mol. The third-order valence-corrected chi connectivity index (χ3v) is 4.32. The number of nitrogens with zero attached hydrogens (tertiary/aromatic N) is 1. The minimum atomic E-state index is -0.209. The van der Waals surface area contributed by atoms with Crippen LogP contribution >= 0.6 is 15.9 Å². The Morgan fingerprint density at radius 3 is 2.95 bits per heavy atom. The van der Waals surface area contributed by atoms with Crippen molar-refractivity contribution in [2.24, 2.45) is 5.92 Å². The molecule has 1 aliphatic rings. The van der Waals surface area contributed by atoms with Crippen LogP contribution in [0.5, 0.6) is 0 Å². The summed E-state index contributed by atoms with van der Waals surface area (Å²) >= 11 is 3.43. The van der Waals surface area contributed by atoms with E-state index in [-0.39, 0.29) is 17.8 Å². The Morgan fingerprint density at radius 1 is 1.43 bits per heavy atom. The van der Waals surface area contributed by atoms with Crippen molar-refractivity contribution >= 4 is 27.8 Å². The van der Waals surface area contributed by atoms with Gasteiger partial charge in [-0.15, -0.1) is 0 Å². The Bertz CT molecular complexity index is 518. The number of hydrogen-bond acceptors (Lipinski definition) is 3. The number of piperidine rings is 1. The van der Waals surface area contributed by atoms with Crippen molar-refractivity contribution in [2.75, 3.05) is 20.2 Å². The molecule has 1 amide bonds. The van der Waals surface area contributed by atoms with Crippen LogP contribution in [0.2, 0.25) is 0 Å². The van der Waals surface area contributed by atoms with Gasteiger partial charge in [0.15, 0.2) is 0 Å². The Morgan fingerprint density at radius 2 is 2.24 bits per heavy atom. The quantitative estimate of drug-likeness (QED) is 0.782. The van der Waals surface area contributed by atoms with Gasteiger partial charge in [0.2, 0.25) is 5.91 Å². The van der Waals surface area contributed by atoms with Crippen molar-refractivity contribution in [3.8, 4) is 0 Å². The molecule has 1 aromatic carbocycles. The first-order chi connectivity index (χ1) is 10.1. The van der Waals surface area contributed by atoms with Crippen LogP contribution in [0.1, 0.15) is 24.8 Å². The molecule has 0 aliphatic carbocycles. The predicted octanol–water partition coefficient (Wildman–Crippen LogP) is 2.79. The molecule has 0 aromatic heterocycles. The number of esters is 1. The van der Waals surface area contributed by atoms with Crippen LogP contribution in [0.3, 0.4) is 0 Å². The Labute approximate surface area is 133 Å². The fraction of sp³-hybridized carbons (Fsp3) is 0.500. The lowest BCUT2D eigenvalue weighted by Gasteiger charge is -2.31. The summed E-state index contributed by atoms with van der Waals surface area (Å²) in [5, 5.41) is 0. The van der Waals surface area contributed by atoms with Gasteiger partial charge in [0.1, 0.15) is 0 Å². The minimum absolute atomic E-state index is 0.114. The molecule has 1 atom stereocenters. The highest BCUT2D eigenvalue weighted by Gasteiger charge is 2.28. The van der Waals surface area contributed by atoms with Crippen LogP contribution in [0.25, 0.3) is 0 Å². The summed E-state index contributed by atoms with van der Waals surface area (Å²) in [7, 11) is 1.40. The molecule has 5 heteroatoms. The van der Waals surface area contributed by atoms with Gasteiger partial charge in [-0.25, -0.2) is 0 Å². The molecular formula is C16H20BrNO3. The van der Waals surface area contributed by atoms with E-state index in [9.17, 15) is 9.59 Å². The van der Waals surface area contributed by atoms with E-state index in [1.54, 1.807) is 4.90 Å². The van der Waals surface area contributed by atoms with Crippen molar-refractivity contribution in [1.29, 1.82) is 0 Å². The summed E-state index contributed by atoms with van der Waals surface area (Å²) < 4.78 is 5.80. The molecule has 0 saturated carbocycles. The Balaban J connectivity index is 1.86. The molecule has 114 valence electrons. The second-order valence-electron chi connectivity index (χ2n) is 5.33. The summed E-state index contributed by atoms with van der Waals surface area (Å²) in [5.41, 5.74) is 1.14. The first-order valence-corrected chi connectivity index (χ1v) is 7.99. The summed E-state index contributed by atoms with van der Waals surface area (Å²) in [5.74, 6) is -0.262. The second-order valence-corrected chi connectivity index (χ2v) is 6.25. The number of amides is 1. The van der Waals surface area contributed by atoms with Crippen molar-refractivity contribution in [2.45, 2.75) is 25.7 Å². The Hall–Kier alpha value is -1.36. The third-order valence-electron chi connectivity index (χ3n) is 3.83. The van der Waals surface area contributed by atoms with E-state index >= 15 is 0 Å². The number of hydrogen-bond donors (Lipinski definition) is 0. The number of ether oxygens (including phenoxy) is 1. The molecule has 0 spiro atoms. The fourth-order valence-corrected chi connectivity index (χ4v) is 3.11. The van der Waals surface area contributed by atoms with Crippen LogP contribution in [-0.2, 0) is 20.7 Å².